The monoisotopic (exact) mass is 644 g/mol. The summed E-state index contributed by atoms with van der Waals surface area (Å²) in [5.41, 5.74) is 13.3. The average Bonchev–Trinajstić information content (AvgIpc) is 3.78. The second-order valence-corrected chi connectivity index (χ2v) is 12.5. The molecule has 2 N–H and O–H groups in total. The molecular weight excluding hydrogens is 601 g/mol. The number of hydrogen-bond acceptors (Lipinski definition) is 3. The van der Waals surface area contributed by atoms with Crippen molar-refractivity contribution >= 4 is 51.0 Å². The maximum Gasteiger partial charge on any atom is 0.0483 e. The molecule has 48 heavy (non-hydrogen) atoms. The number of rotatable bonds is 6. The summed E-state index contributed by atoms with van der Waals surface area (Å²) in [6.45, 7) is 6.40. The number of fused-ring (bicyclic) bond motifs is 4. The molecule has 0 radical (unpaired) electrons. The standard InChI is InChI=1S/C26H23NS.C18H16.CH5N/c1-4-5-6-7-8-11-20-14-15-24-22(17-20)19(2)16-26-23(18-27(24)3)21-12-9-10-13-25(21)28-26;1-3-9-15(10-4-1)18(17-13-7-8-14-17)16-11-5-2-6-12-16;1-2/h4-18H,2H2,1,3H3;1-13,18H,14H2;2H2,1H3/b5-4-,7-6-,11-8+,23-18-,26-16+;;. The van der Waals surface area contributed by atoms with E-state index >= 15 is 0 Å². The Hall–Kier alpha value is -5.22. The number of allylic oxidation sites excluding steroid dienone is 10. The van der Waals surface area contributed by atoms with Crippen molar-refractivity contribution in [3.63, 3.8) is 0 Å². The third-order valence-electron chi connectivity index (χ3n) is 8.29. The van der Waals surface area contributed by atoms with E-state index in [-0.39, 0.29) is 0 Å². The zero-order chi connectivity index (χ0) is 33.7. The molecule has 1 aromatic heterocycles. The van der Waals surface area contributed by atoms with Gasteiger partial charge in [0.05, 0.1) is 0 Å². The van der Waals surface area contributed by atoms with Crippen molar-refractivity contribution in [3.8, 4) is 0 Å². The Labute approximate surface area is 289 Å². The van der Waals surface area contributed by atoms with Crippen LogP contribution in [0.3, 0.4) is 0 Å². The van der Waals surface area contributed by atoms with Crippen LogP contribution >= 0.6 is 11.3 Å². The molecule has 0 fully saturated rings. The van der Waals surface area contributed by atoms with Crippen LogP contribution in [0.4, 0.5) is 5.69 Å². The lowest BCUT2D eigenvalue weighted by atomic mass is 9.84. The lowest BCUT2D eigenvalue weighted by Crippen LogP contribution is -2.26. The summed E-state index contributed by atoms with van der Waals surface area (Å²) in [5.74, 6) is 0.391. The molecule has 7 rings (SSSR count). The fourth-order valence-corrected chi connectivity index (χ4v) is 7.19. The number of nitrogens with two attached hydrogens (primary N) is 1. The predicted molar refractivity (Wildman–Crippen MR) is 214 cm³/mol. The van der Waals surface area contributed by atoms with Gasteiger partial charge >= 0.3 is 0 Å². The normalized spacial score (nSPS) is 15.1. The van der Waals surface area contributed by atoms with E-state index in [4.69, 9.17) is 0 Å². The molecule has 0 amide bonds. The summed E-state index contributed by atoms with van der Waals surface area (Å²) in [5, 5.41) is 2.57. The summed E-state index contributed by atoms with van der Waals surface area (Å²) < 4.78 is 2.57. The molecule has 2 aliphatic rings. The third-order valence-corrected chi connectivity index (χ3v) is 9.42. The van der Waals surface area contributed by atoms with Gasteiger partial charge in [-0.3, -0.25) is 0 Å². The van der Waals surface area contributed by atoms with Gasteiger partial charge in [0, 0.05) is 50.3 Å². The van der Waals surface area contributed by atoms with Crippen molar-refractivity contribution in [2.45, 2.75) is 19.3 Å². The Balaban J connectivity index is 0.000000194. The van der Waals surface area contributed by atoms with Crippen molar-refractivity contribution in [1.29, 1.82) is 0 Å². The van der Waals surface area contributed by atoms with Crippen LogP contribution in [0.25, 0.3) is 34.0 Å². The fourth-order valence-electron chi connectivity index (χ4n) is 6.04. The zero-order valence-electron chi connectivity index (χ0n) is 28.1. The highest BCUT2D eigenvalue weighted by Gasteiger charge is 2.19. The minimum Gasteiger partial charge on any atom is -0.350 e. The second-order valence-electron chi connectivity index (χ2n) is 11.5. The molecular formula is C45H44N2S. The van der Waals surface area contributed by atoms with E-state index in [0.717, 1.165) is 12.0 Å². The van der Waals surface area contributed by atoms with Gasteiger partial charge in [0.2, 0.25) is 0 Å². The van der Waals surface area contributed by atoms with Crippen molar-refractivity contribution in [1.82, 2.24) is 0 Å². The molecule has 0 saturated heterocycles. The smallest absolute Gasteiger partial charge is 0.0483 e. The first-order chi connectivity index (χ1) is 23.6. The highest BCUT2D eigenvalue weighted by atomic mass is 32.1. The molecule has 0 spiro atoms. The Kier molecular flexibility index (Phi) is 12.1. The van der Waals surface area contributed by atoms with Crippen LogP contribution in [0, 0.1) is 0 Å². The molecule has 0 atom stereocenters. The van der Waals surface area contributed by atoms with Gasteiger partial charge in [0.25, 0.3) is 0 Å². The van der Waals surface area contributed by atoms with Gasteiger partial charge in [-0.2, -0.15) is 0 Å². The summed E-state index contributed by atoms with van der Waals surface area (Å²) in [6, 6.07) is 36.7. The lowest BCUT2D eigenvalue weighted by molar-refractivity contribution is 0.919. The molecule has 1 aliphatic carbocycles. The molecule has 3 heteroatoms. The Morgan fingerprint density at radius 2 is 1.48 bits per heavy atom. The van der Waals surface area contributed by atoms with Crippen molar-refractivity contribution in [3.05, 3.63) is 196 Å². The van der Waals surface area contributed by atoms with Crippen LogP contribution in [0.15, 0.2) is 164 Å². The van der Waals surface area contributed by atoms with Crippen LogP contribution in [0.1, 0.15) is 41.5 Å². The number of benzene rings is 4. The van der Waals surface area contributed by atoms with Crippen molar-refractivity contribution in [2.24, 2.45) is 5.73 Å². The van der Waals surface area contributed by atoms with Gasteiger partial charge in [-0.1, -0.05) is 152 Å². The van der Waals surface area contributed by atoms with Gasteiger partial charge in [-0.15, -0.1) is 11.3 Å². The molecule has 240 valence electrons. The number of anilines is 1. The minimum absolute atomic E-state index is 0.391. The van der Waals surface area contributed by atoms with Gasteiger partial charge < -0.3 is 10.6 Å². The molecule has 0 bridgehead atoms. The first kappa shape index (κ1) is 34.1. The van der Waals surface area contributed by atoms with Crippen LogP contribution < -0.4 is 20.4 Å². The highest BCUT2D eigenvalue weighted by Crippen LogP contribution is 2.35. The van der Waals surface area contributed by atoms with Crippen LogP contribution in [-0.4, -0.2) is 14.1 Å². The van der Waals surface area contributed by atoms with E-state index in [1.54, 1.807) is 0 Å². The van der Waals surface area contributed by atoms with E-state index in [1.165, 1.54) is 60.4 Å². The van der Waals surface area contributed by atoms with Crippen LogP contribution in [0.2, 0.25) is 0 Å². The van der Waals surface area contributed by atoms with Gasteiger partial charge in [-0.25, -0.2) is 0 Å². The lowest BCUT2D eigenvalue weighted by Gasteiger charge is -2.21. The molecule has 4 aromatic carbocycles. The zero-order valence-corrected chi connectivity index (χ0v) is 28.9. The minimum atomic E-state index is 0.391. The van der Waals surface area contributed by atoms with E-state index in [0.29, 0.717) is 5.92 Å². The van der Waals surface area contributed by atoms with Crippen LogP contribution in [-0.2, 0) is 0 Å². The first-order valence-electron chi connectivity index (χ1n) is 16.4. The quantitative estimate of drug-likeness (QED) is 0.187. The van der Waals surface area contributed by atoms with Gasteiger partial charge in [-0.05, 0) is 66.9 Å². The van der Waals surface area contributed by atoms with Crippen molar-refractivity contribution < 1.29 is 0 Å². The summed E-state index contributed by atoms with van der Waals surface area (Å²) in [7, 11) is 3.61. The highest BCUT2D eigenvalue weighted by molar-refractivity contribution is 7.17. The third kappa shape index (κ3) is 8.19. The largest absolute Gasteiger partial charge is 0.350 e. The Morgan fingerprint density at radius 1 is 0.812 bits per heavy atom. The van der Waals surface area contributed by atoms with Gasteiger partial charge in [0.1, 0.15) is 0 Å². The van der Waals surface area contributed by atoms with E-state index in [1.807, 2.05) is 42.6 Å². The topological polar surface area (TPSA) is 29.3 Å². The number of nitrogens with zero attached hydrogens (tertiary/aromatic N) is 1. The van der Waals surface area contributed by atoms with Crippen LogP contribution in [0.5, 0.6) is 0 Å². The number of thiophene rings is 1. The fraction of sp³-hybridized carbons (Fsp3) is 0.111. The summed E-state index contributed by atoms with van der Waals surface area (Å²) in [4.78, 5) is 2.21. The molecule has 2 heterocycles. The summed E-state index contributed by atoms with van der Waals surface area (Å²) in [6.07, 6.45) is 24.5. The van der Waals surface area contributed by atoms with E-state index in [9.17, 15) is 0 Å². The second kappa shape index (κ2) is 17.1. The van der Waals surface area contributed by atoms with E-state index < -0.39 is 0 Å². The molecule has 2 nitrogen and oxygen atoms in total. The molecule has 5 aromatic rings. The van der Waals surface area contributed by atoms with E-state index in [2.05, 4.69) is 170 Å². The van der Waals surface area contributed by atoms with Crippen molar-refractivity contribution in [2.75, 3.05) is 19.0 Å². The molecule has 1 aliphatic heterocycles. The maximum atomic E-state index is 4.50. The summed E-state index contributed by atoms with van der Waals surface area (Å²) >= 11 is 1.82. The molecule has 0 saturated carbocycles. The number of hydrogen-bond donors (Lipinski definition) is 1. The van der Waals surface area contributed by atoms with Gasteiger partial charge in [0.15, 0.2) is 0 Å². The maximum absolute atomic E-state index is 4.50. The molecule has 0 unspecified atom stereocenters. The Bertz CT molecular complexity index is 2070. The predicted octanol–water partition coefficient (Wildman–Crippen LogP) is 10.0. The average molecular weight is 645 g/mol. The Morgan fingerprint density at radius 3 is 2.15 bits per heavy atom. The SMILES string of the molecule is C1=CCC(C(c2ccccc2)c2ccccc2)=C1.C=C1/C=c2/sc3ccccc3/c2=C/N(C)c2ccc(/C=C/C=C\C=C/C)cc21.CN. The first-order valence-corrected chi connectivity index (χ1v) is 17.2.